The van der Waals surface area contributed by atoms with Crippen molar-refractivity contribution in [2.24, 2.45) is 0 Å². The predicted molar refractivity (Wildman–Crippen MR) is 142 cm³/mol. The molecule has 36 heavy (non-hydrogen) atoms. The molecule has 2 aromatic heterocycles. The van der Waals surface area contributed by atoms with Crippen molar-refractivity contribution < 1.29 is 9.72 Å². The maximum Gasteiger partial charge on any atom is 0.269 e. The Morgan fingerprint density at radius 3 is 2.39 bits per heavy atom. The highest BCUT2D eigenvalue weighted by Crippen LogP contribution is 2.30. The SMILES string of the molecule is Cc1cc(C=C(C#N)C(=O)NCc2cccs2)c(C)n1-c1ccc(Sc2ccc([N+](=O)[O-])cc2)cc1. The van der Waals surface area contributed by atoms with E-state index in [4.69, 9.17) is 0 Å². The molecule has 4 aromatic rings. The molecule has 2 heterocycles. The van der Waals surface area contributed by atoms with E-state index in [1.807, 2.05) is 67.8 Å². The second-order valence-electron chi connectivity index (χ2n) is 7.94. The maximum atomic E-state index is 12.5. The van der Waals surface area contributed by atoms with Crippen LogP contribution >= 0.6 is 23.1 Å². The van der Waals surface area contributed by atoms with Crippen LogP contribution in [0.15, 0.2) is 87.5 Å². The number of nitriles is 1. The van der Waals surface area contributed by atoms with E-state index in [0.29, 0.717) is 6.54 Å². The van der Waals surface area contributed by atoms with Gasteiger partial charge in [0.15, 0.2) is 0 Å². The number of nitro groups is 1. The summed E-state index contributed by atoms with van der Waals surface area (Å²) >= 11 is 3.07. The zero-order valence-electron chi connectivity index (χ0n) is 19.6. The molecule has 2 aromatic carbocycles. The number of hydrogen-bond acceptors (Lipinski definition) is 6. The smallest absolute Gasteiger partial charge is 0.269 e. The minimum Gasteiger partial charge on any atom is -0.347 e. The van der Waals surface area contributed by atoms with Crippen LogP contribution in [0.1, 0.15) is 21.8 Å². The van der Waals surface area contributed by atoms with Gasteiger partial charge in [-0.15, -0.1) is 11.3 Å². The summed E-state index contributed by atoms with van der Waals surface area (Å²) in [6.45, 7) is 4.32. The van der Waals surface area contributed by atoms with Gasteiger partial charge in [-0.1, -0.05) is 17.8 Å². The molecule has 0 radical (unpaired) electrons. The largest absolute Gasteiger partial charge is 0.347 e. The third-order valence-corrected chi connectivity index (χ3v) is 7.41. The molecule has 7 nitrogen and oxygen atoms in total. The van der Waals surface area contributed by atoms with Crippen LogP contribution in [0.3, 0.4) is 0 Å². The lowest BCUT2D eigenvalue weighted by Crippen LogP contribution is -2.23. The first-order valence-electron chi connectivity index (χ1n) is 11.0. The summed E-state index contributed by atoms with van der Waals surface area (Å²) in [6.07, 6.45) is 1.63. The fourth-order valence-corrected chi connectivity index (χ4v) is 5.21. The minimum absolute atomic E-state index is 0.0571. The van der Waals surface area contributed by atoms with Crippen LogP contribution in [0.2, 0.25) is 0 Å². The third-order valence-electron chi connectivity index (χ3n) is 5.52. The molecule has 0 saturated carbocycles. The van der Waals surface area contributed by atoms with Crippen molar-refractivity contribution in [2.75, 3.05) is 0 Å². The van der Waals surface area contributed by atoms with E-state index in [0.717, 1.165) is 37.3 Å². The molecule has 180 valence electrons. The summed E-state index contributed by atoms with van der Waals surface area (Å²) in [5, 5.41) is 25.2. The molecule has 0 aliphatic heterocycles. The second-order valence-corrected chi connectivity index (χ2v) is 10.1. The summed E-state index contributed by atoms with van der Waals surface area (Å²) in [5.41, 5.74) is 3.78. The first kappa shape index (κ1) is 25.0. The molecule has 0 aliphatic rings. The van der Waals surface area contributed by atoms with Crippen LogP contribution in [0.4, 0.5) is 5.69 Å². The van der Waals surface area contributed by atoms with Crippen LogP contribution in [0, 0.1) is 35.3 Å². The van der Waals surface area contributed by atoms with Crippen LogP contribution in [0.25, 0.3) is 11.8 Å². The molecule has 4 rings (SSSR count). The van der Waals surface area contributed by atoms with Crippen molar-refractivity contribution in [3.05, 3.63) is 110 Å². The summed E-state index contributed by atoms with van der Waals surface area (Å²) in [5.74, 6) is -0.400. The first-order chi connectivity index (χ1) is 17.4. The number of aryl methyl sites for hydroxylation is 1. The highest BCUT2D eigenvalue weighted by Gasteiger charge is 2.14. The molecule has 0 aliphatic carbocycles. The Balaban J connectivity index is 1.50. The standard InChI is InChI=1S/C27H22N4O3S2/c1-18-14-20(15-21(16-28)27(32)29-17-26-4-3-13-35-26)19(2)30(18)22-5-9-24(10-6-22)36-25-11-7-23(8-12-25)31(33)34/h3-15H,17H2,1-2H3,(H,29,32). The van der Waals surface area contributed by atoms with Crippen LogP contribution in [-0.2, 0) is 11.3 Å². The molecular weight excluding hydrogens is 492 g/mol. The van der Waals surface area contributed by atoms with Crippen LogP contribution in [0.5, 0.6) is 0 Å². The number of carbonyl (C=O) groups excluding carboxylic acids is 1. The van der Waals surface area contributed by atoms with E-state index in [-0.39, 0.29) is 11.3 Å². The molecule has 9 heteroatoms. The number of nitrogens with zero attached hydrogens (tertiary/aromatic N) is 3. The fraction of sp³-hybridized carbons (Fsp3) is 0.111. The lowest BCUT2D eigenvalue weighted by molar-refractivity contribution is -0.384. The average Bonchev–Trinajstić information content (AvgIpc) is 3.49. The van der Waals surface area contributed by atoms with Crippen molar-refractivity contribution in [3.63, 3.8) is 0 Å². The fourth-order valence-electron chi connectivity index (χ4n) is 3.75. The number of non-ortho nitro benzene ring substituents is 1. The minimum atomic E-state index is -0.411. The van der Waals surface area contributed by atoms with E-state index in [1.54, 1.807) is 29.5 Å². The molecule has 1 amide bonds. The van der Waals surface area contributed by atoms with Crippen LogP contribution < -0.4 is 5.32 Å². The van der Waals surface area contributed by atoms with Gasteiger partial charge in [-0.05, 0) is 79.4 Å². The van der Waals surface area contributed by atoms with Gasteiger partial charge >= 0.3 is 0 Å². The maximum absolute atomic E-state index is 12.5. The van der Waals surface area contributed by atoms with Gasteiger partial charge < -0.3 is 9.88 Å². The number of rotatable bonds is 8. The molecule has 1 N–H and O–H groups in total. The Hall–Kier alpha value is -4.13. The molecule has 0 fully saturated rings. The molecule has 0 bridgehead atoms. The predicted octanol–water partition coefficient (Wildman–Crippen LogP) is 6.44. The average molecular weight is 515 g/mol. The van der Waals surface area contributed by atoms with Crippen molar-refractivity contribution in [2.45, 2.75) is 30.2 Å². The van der Waals surface area contributed by atoms with Gasteiger partial charge in [-0.25, -0.2) is 0 Å². The van der Waals surface area contributed by atoms with Gasteiger partial charge in [-0.3, -0.25) is 14.9 Å². The number of benzene rings is 2. The lowest BCUT2D eigenvalue weighted by Gasteiger charge is -2.11. The van der Waals surface area contributed by atoms with Crippen molar-refractivity contribution in [1.82, 2.24) is 9.88 Å². The van der Waals surface area contributed by atoms with Crippen molar-refractivity contribution in [3.8, 4) is 11.8 Å². The van der Waals surface area contributed by atoms with Crippen LogP contribution in [-0.4, -0.2) is 15.4 Å². The van der Waals surface area contributed by atoms with Gasteiger partial charge in [0, 0.05) is 43.9 Å². The number of nitrogens with one attached hydrogen (secondary N) is 1. The monoisotopic (exact) mass is 514 g/mol. The Labute approximate surface area is 216 Å². The van der Waals surface area contributed by atoms with E-state index in [2.05, 4.69) is 9.88 Å². The zero-order chi connectivity index (χ0) is 25.7. The first-order valence-corrected chi connectivity index (χ1v) is 12.7. The number of thiophene rings is 1. The third kappa shape index (κ3) is 5.74. The number of hydrogen-bond donors (Lipinski definition) is 1. The van der Waals surface area contributed by atoms with E-state index >= 15 is 0 Å². The number of amides is 1. The zero-order valence-corrected chi connectivity index (χ0v) is 21.2. The van der Waals surface area contributed by atoms with Gasteiger partial charge in [0.25, 0.3) is 11.6 Å². The van der Waals surface area contributed by atoms with Gasteiger partial charge in [0.2, 0.25) is 0 Å². The highest BCUT2D eigenvalue weighted by molar-refractivity contribution is 7.99. The highest BCUT2D eigenvalue weighted by atomic mass is 32.2. The van der Waals surface area contributed by atoms with E-state index in [9.17, 15) is 20.2 Å². The Morgan fingerprint density at radius 1 is 1.14 bits per heavy atom. The summed E-state index contributed by atoms with van der Waals surface area (Å²) in [4.78, 5) is 25.9. The molecule has 0 atom stereocenters. The molecular formula is C27H22N4O3S2. The Bertz CT molecular complexity index is 1460. The van der Waals surface area contributed by atoms with Gasteiger partial charge in [0.05, 0.1) is 11.5 Å². The summed E-state index contributed by atoms with van der Waals surface area (Å²) in [7, 11) is 0. The summed E-state index contributed by atoms with van der Waals surface area (Å²) in [6, 6.07) is 22.3. The lowest BCUT2D eigenvalue weighted by atomic mass is 10.1. The van der Waals surface area contributed by atoms with Crippen molar-refractivity contribution >= 4 is 40.8 Å². The molecule has 0 saturated heterocycles. The number of carbonyl (C=O) groups is 1. The topological polar surface area (TPSA) is 101 Å². The summed E-state index contributed by atoms with van der Waals surface area (Å²) < 4.78 is 2.07. The van der Waals surface area contributed by atoms with E-state index < -0.39 is 10.8 Å². The quantitative estimate of drug-likeness (QED) is 0.126. The second kappa shape index (κ2) is 11.1. The van der Waals surface area contributed by atoms with E-state index in [1.165, 1.54) is 23.9 Å². The number of aromatic nitrogens is 1. The van der Waals surface area contributed by atoms with Gasteiger partial charge in [0.1, 0.15) is 11.6 Å². The molecule has 0 spiro atoms. The van der Waals surface area contributed by atoms with Crippen molar-refractivity contribution in [1.29, 1.82) is 5.26 Å². The Kier molecular flexibility index (Phi) is 7.68. The normalized spacial score (nSPS) is 11.2. The molecule has 0 unspecified atom stereocenters. The number of nitro benzene ring substituents is 1. The Morgan fingerprint density at radius 2 is 1.81 bits per heavy atom. The van der Waals surface area contributed by atoms with Gasteiger partial charge in [-0.2, -0.15) is 5.26 Å².